The van der Waals surface area contributed by atoms with Gasteiger partial charge in [-0.3, -0.25) is 14.9 Å². The number of benzene rings is 1. The second-order valence-corrected chi connectivity index (χ2v) is 7.11. The fourth-order valence-corrected chi connectivity index (χ4v) is 3.48. The Morgan fingerprint density at radius 1 is 1.24 bits per heavy atom. The first-order valence-electron chi connectivity index (χ1n) is 9.59. The van der Waals surface area contributed by atoms with E-state index >= 15 is 0 Å². The number of piperidine rings is 1. The summed E-state index contributed by atoms with van der Waals surface area (Å²) in [5.41, 5.74) is 2.24. The third kappa shape index (κ3) is 6.60. The van der Waals surface area contributed by atoms with Crippen molar-refractivity contribution in [2.75, 3.05) is 20.1 Å². The van der Waals surface area contributed by atoms with Crippen molar-refractivity contribution in [3.8, 4) is 0 Å². The van der Waals surface area contributed by atoms with Crippen molar-refractivity contribution in [2.24, 2.45) is 4.99 Å². The van der Waals surface area contributed by atoms with Gasteiger partial charge in [0.1, 0.15) is 11.6 Å². The molecule has 1 fully saturated rings. The third-order valence-corrected chi connectivity index (χ3v) is 5.05. The monoisotopic (exact) mass is 515 g/mol. The number of hydrogen-bond donors (Lipinski definition) is 2. The summed E-state index contributed by atoms with van der Waals surface area (Å²) in [5.74, 6) is -0.273. The molecule has 0 spiro atoms. The second kappa shape index (κ2) is 11.4. The van der Waals surface area contributed by atoms with Crippen molar-refractivity contribution in [2.45, 2.75) is 38.9 Å². The van der Waals surface area contributed by atoms with Gasteiger partial charge in [0.25, 0.3) is 0 Å². The van der Waals surface area contributed by atoms with Crippen molar-refractivity contribution < 1.29 is 8.78 Å². The van der Waals surface area contributed by atoms with E-state index in [0.29, 0.717) is 19.0 Å². The highest BCUT2D eigenvalue weighted by Gasteiger charge is 2.22. The third-order valence-electron chi connectivity index (χ3n) is 5.05. The van der Waals surface area contributed by atoms with Gasteiger partial charge in [0.15, 0.2) is 5.96 Å². The first kappa shape index (κ1) is 23.5. The quantitative estimate of drug-likeness (QED) is 0.363. The molecule has 2 heterocycles. The number of nitrogens with one attached hydrogen (secondary N) is 2. The zero-order valence-electron chi connectivity index (χ0n) is 16.8. The lowest BCUT2D eigenvalue weighted by molar-refractivity contribution is 0.188. The van der Waals surface area contributed by atoms with Crippen molar-refractivity contribution in [1.29, 1.82) is 0 Å². The molecule has 0 aliphatic carbocycles. The molecule has 5 nitrogen and oxygen atoms in total. The van der Waals surface area contributed by atoms with Crippen molar-refractivity contribution in [1.82, 2.24) is 20.5 Å². The van der Waals surface area contributed by atoms with Gasteiger partial charge in [0.05, 0.1) is 12.2 Å². The van der Waals surface area contributed by atoms with Gasteiger partial charge in [0, 0.05) is 37.9 Å². The molecule has 8 heteroatoms. The van der Waals surface area contributed by atoms with Gasteiger partial charge in [-0.1, -0.05) is 12.1 Å². The number of guanidine groups is 1. The molecule has 1 aromatic heterocycles. The molecule has 0 radical (unpaired) electrons. The number of aromatic nitrogens is 1. The summed E-state index contributed by atoms with van der Waals surface area (Å²) in [6, 6.07) is 8.13. The molecule has 1 saturated heterocycles. The molecule has 1 aliphatic heterocycles. The van der Waals surface area contributed by atoms with Gasteiger partial charge in [-0.15, -0.1) is 24.0 Å². The van der Waals surface area contributed by atoms with Crippen LogP contribution in [-0.4, -0.2) is 42.0 Å². The largest absolute Gasteiger partial charge is 0.352 e. The van der Waals surface area contributed by atoms with Crippen LogP contribution in [0.2, 0.25) is 0 Å². The lowest BCUT2D eigenvalue weighted by Gasteiger charge is -2.34. The lowest BCUT2D eigenvalue weighted by atomic mass is 10.0. The standard InChI is InChI=1S/C21H27F2N5.HI/c1-15-6-4-10-25-20(15)12-26-21(24-2)27-16-7-5-11-28(13-16)14-17-18(22)8-3-9-19(17)23;/h3-4,6,8-10,16H,5,7,11-14H2,1-2H3,(H2,24,26,27);1H. The Kier molecular flexibility index (Phi) is 9.22. The molecule has 29 heavy (non-hydrogen) atoms. The molecule has 1 atom stereocenters. The summed E-state index contributed by atoms with van der Waals surface area (Å²) in [6.07, 6.45) is 3.73. The topological polar surface area (TPSA) is 52.6 Å². The smallest absolute Gasteiger partial charge is 0.191 e. The highest BCUT2D eigenvalue weighted by molar-refractivity contribution is 14.0. The number of likely N-dealkylation sites (tertiary alicyclic amines) is 1. The molecule has 0 saturated carbocycles. The maximum atomic E-state index is 13.9. The zero-order chi connectivity index (χ0) is 19.9. The number of hydrogen-bond acceptors (Lipinski definition) is 3. The fraction of sp³-hybridized carbons (Fsp3) is 0.429. The van der Waals surface area contributed by atoms with Crippen LogP contribution < -0.4 is 10.6 Å². The Balaban J connectivity index is 0.00000300. The second-order valence-electron chi connectivity index (χ2n) is 7.11. The maximum Gasteiger partial charge on any atom is 0.191 e. The Bertz CT molecular complexity index is 810. The van der Waals surface area contributed by atoms with E-state index in [2.05, 4.69) is 25.5 Å². The van der Waals surface area contributed by atoms with E-state index in [1.165, 1.54) is 18.2 Å². The van der Waals surface area contributed by atoms with E-state index in [-0.39, 0.29) is 42.1 Å². The van der Waals surface area contributed by atoms with E-state index in [4.69, 9.17) is 0 Å². The molecule has 1 unspecified atom stereocenters. The summed E-state index contributed by atoms with van der Waals surface area (Å²) in [5, 5.41) is 6.72. The van der Waals surface area contributed by atoms with Gasteiger partial charge in [-0.05, 0) is 50.1 Å². The van der Waals surface area contributed by atoms with Crippen molar-refractivity contribution in [3.05, 3.63) is 65.0 Å². The highest BCUT2D eigenvalue weighted by atomic mass is 127. The summed E-state index contributed by atoms with van der Waals surface area (Å²) in [7, 11) is 1.73. The summed E-state index contributed by atoms with van der Waals surface area (Å²) in [4.78, 5) is 10.8. The molecule has 158 valence electrons. The van der Waals surface area contributed by atoms with E-state index in [1.807, 2.05) is 19.1 Å². The zero-order valence-corrected chi connectivity index (χ0v) is 19.1. The number of aliphatic imine (C=N–C) groups is 1. The highest BCUT2D eigenvalue weighted by Crippen LogP contribution is 2.18. The van der Waals surface area contributed by atoms with E-state index in [1.54, 1.807) is 13.2 Å². The van der Waals surface area contributed by atoms with E-state index < -0.39 is 11.6 Å². The predicted molar refractivity (Wildman–Crippen MR) is 122 cm³/mol. The van der Waals surface area contributed by atoms with Gasteiger partial charge in [0.2, 0.25) is 0 Å². The van der Waals surface area contributed by atoms with Crippen LogP contribution in [0, 0.1) is 18.6 Å². The first-order chi connectivity index (χ1) is 13.6. The van der Waals surface area contributed by atoms with Gasteiger partial charge in [-0.25, -0.2) is 8.78 Å². The summed E-state index contributed by atoms with van der Waals surface area (Å²) >= 11 is 0. The molecule has 1 aliphatic rings. The van der Waals surface area contributed by atoms with Crippen LogP contribution in [0.15, 0.2) is 41.5 Å². The van der Waals surface area contributed by atoms with Crippen LogP contribution in [0.3, 0.4) is 0 Å². The SMILES string of the molecule is CN=C(NCc1ncccc1C)NC1CCCN(Cc2c(F)cccc2F)C1.I. The Labute approximate surface area is 188 Å². The minimum Gasteiger partial charge on any atom is -0.352 e. The summed E-state index contributed by atoms with van der Waals surface area (Å²) < 4.78 is 27.9. The minimum atomic E-state index is -0.488. The Hall–Kier alpha value is -1.81. The molecule has 1 aromatic carbocycles. The molecule has 2 aromatic rings. The van der Waals surface area contributed by atoms with Crippen LogP contribution in [0.4, 0.5) is 8.78 Å². The molecular formula is C21H28F2IN5. The van der Waals surface area contributed by atoms with E-state index in [9.17, 15) is 8.78 Å². The van der Waals surface area contributed by atoms with Crippen LogP contribution in [0.5, 0.6) is 0 Å². The normalized spacial score (nSPS) is 17.5. The number of pyridine rings is 1. The average Bonchev–Trinajstić information content (AvgIpc) is 2.69. The van der Waals surface area contributed by atoms with E-state index in [0.717, 1.165) is 30.6 Å². The fourth-order valence-electron chi connectivity index (χ4n) is 3.48. The molecular weight excluding hydrogens is 487 g/mol. The summed E-state index contributed by atoms with van der Waals surface area (Å²) in [6.45, 7) is 4.42. The van der Waals surface area contributed by atoms with Crippen LogP contribution in [0.25, 0.3) is 0 Å². The maximum absolute atomic E-state index is 13.9. The van der Waals surface area contributed by atoms with Gasteiger partial charge < -0.3 is 10.6 Å². The average molecular weight is 515 g/mol. The van der Waals surface area contributed by atoms with Crippen LogP contribution in [0.1, 0.15) is 29.7 Å². The molecule has 0 bridgehead atoms. The number of aryl methyl sites for hydroxylation is 1. The van der Waals surface area contributed by atoms with Crippen LogP contribution in [-0.2, 0) is 13.1 Å². The molecule has 0 amide bonds. The Morgan fingerprint density at radius 3 is 2.69 bits per heavy atom. The molecule has 3 rings (SSSR count). The number of halogens is 3. The van der Waals surface area contributed by atoms with Crippen molar-refractivity contribution >= 4 is 29.9 Å². The lowest BCUT2D eigenvalue weighted by Crippen LogP contribution is -2.50. The first-order valence-corrected chi connectivity index (χ1v) is 9.59. The number of nitrogens with zero attached hydrogens (tertiary/aromatic N) is 3. The van der Waals surface area contributed by atoms with Crippen LogP contribution >= 0.6 is 24.0 Å². The minimum absolute atomic E-state index is 0. The predicted octanol–water partition coefficient (Wildman–Crippen LogP) is 3.62. The Morgan fingerprint density at radius 2 is 2.00 bits per heavy atom. The van der Waals surface area contributed by atoms with Crippen molar-refractivity contribution in [3.63, 3.8) is 0 Å². The molecule has 2 N–H and O–H groups in total. The van der Waals surface area contributed by atoms with Gasteiger partial charge >= 0.3 is 0 Å². The number of rotatable bonds is 5. The van der Waals surface area contributed by atoms with Gasteiger partial charge in [-0.2, -0.15) is 0 Å².